The molecule has 2 fully saturated rings. The minimum atomic E-state index is 0.371. The van der Waals surface area contributed by atoms with Crippen LogP contribution in [0.1, 0.15) is 39.5 Å². The maximum atomic E-state index is 6.19. The van der Waals surface area contributed by atoms with Crippen LogP contribution >= 0.6 is 0 Å². The molecule has 2 bridgehead atoms. The summed E-state index contributed by atoms with van der Waals surface area (Å²) in [6.07, 6.45) is 5.94. The highest BCUT2D eigenvalue weighted by atomic mass is 16.5. The van der Waals surface area contributed by atoms with Crippen LogP contribution in [-0.4, -0.2) is 18.2 Å². The van der Waals surface area contributed by atoms with E-state index in [1.165, 1.54) is 19.3 Å². The van der Waals surface area contributed by atoms with Crippen LogP contribution in [-0.2, 0) is 4.74 Å². The normalized spacial score (nSPS) is 40.2. The number of hydrogen-bond donors (Lipinski definition) is 1. The first-order chi connectivity index (χ1) is 6.16. The fraction of sp³-hybridized carbons (Fsp3) is 1.00. The molecule has 4 unspecified atom stereocenters. The van der Waals surface area contributed by atoms with Gasteiger partial charge in [0.1, 0.15) is 0 Å². The third-order valence-corrected chi connectivity index (χ3v) is 3.45. The van der Waals surface area contributed by atoms with Gasteiger partial charge in [-0.2, -0.15) is 0 Å². The van der Waals surface area contributed by atoms with Gasteiger partial charge >= 0.3 is 0 Å². The molecule has 0 spiro atoms. The summed E-state index contributed by atoms with van der Waals surface area (Å²) in [5.74, 6) is 1.37. The number of hydrogen-bond acceptors (Lipinski definition) is 2. The van der Waals surface area contributed by atoms with E-state index in [0.717, 1.165) is 6.42 Å². The second kappa shape index (κ2) is 3.58. The van der Waals surface area contributed by atoms with Gasteiger partial charge in [0, 0.05) is 12.0 Å². The molecule has 2 rings (SSSR count). The van der Waals surface area contributed by atoms with E-state index in [4.69, 9.17) is 10.5 Å². The monoisotopic (exact) mass is 183 g/mol. The van der Waals surface area contributed by atoms with Gasteiger partial charge in [-0.05, 0) is 31.6 Å². The fourth-order valence-electron chi connectivity index (χ4n) is 2.85. The Bertz CT molecular complexity index is 181. The topological polar surface area (TPSA) is 35.2 Å². The van der Waals surface area contributed by atoms with Gasteiger partial charge in [-0.15, -0.1) is 0 Å². The summed E-state index contributed by atoms with van der Waals surface area (Å²) >= 11 is 0. The molecule has 2 nitrogen and oxygen atoms in total. The van der Waals surface area contributed by atoms with Crippen molar-refractivity contribution in [2.75, 3.05) is 0 Å². The summed E-state index contributed by atoms with van der Waals surface area (Å²) < 4.78 is 5.81. The molecule has 13 heavy (non-hydrogen) atoms. The first-order valence-corrected chi connectivity index (χ1v) is 5.58. The SMILES string of the molecule is CC(C)CC(N)C1CC2CCC1O2. The van der Waals surface area contributed by atoms with Gasteiger partial charge in [-0.3, -0.25) is 0 Å². The predicted octanol–water partition coefficient (Wildman–Crippen LogP) is 1.93. The molecule has 0 radical (unpaired) electrons. The minimum absolute atomic E-state index is 0.371. The fourth-order valence-corrected chi connectivity index (χ4v) is 2.85. The van der Waals surface area contributed by atoms with Crippen molar-refractivity contribution in [3.05, 3.63) is 0 Å². The van der Waals surface area contributed by atoms with E-state index in [1.54, 1.807) is 0 Å². The molecule has 0 aromatic rings. The standard InChI is InChI=1S/C11H21NO/c1-7(2)5-10(12)9-6-8-3-4-11(9)13-8/h7-11H,3-6,12H2,1-2H3. The lowest BCUT2D eigenvalue weighted by atomic mass is 9.81. The molecule has 4 atom stereocenters. The van der Waals surface area contributed by atoms with E-state index in [9.17, 15) is 0 Å². The molecule has 0 amide bonds. The van der Waals surface area contributed by atoms with Crippen molar-refractivity contribution >= 4 is 0 Å². The summed E-state index contributed by atoms with van der Waals surface area (Å²) in [6, 6.07) is 0.371. The zero-order valence-corrected chi connectivity index (χ0v) is 8.70. The number of nitrogens with two attached hydrogens (primary N) is 1. The van der Waals surface area contributed by atoms with Gasteiger partial charge in [0.2, 0.25) is 0 Å². The molecule has 2 heterocycles. The Morgan fingerprint density at radius 1 is 1.38 bits per heavy atom. The molecule has 2 aliphatic heterocycles. The first-order valence-electron chi connectivity index (χ1n) is 5.58. The third-order valence-electron chi connectivity index (χ3n) is 3.45. The van der Waals surface area contributed by atoms with Crippen LogP contribution in [0.3, 0.4) is 0 Å². The number of fused-ring (bicyclic) bond motifs is 2. The van der Waals surface area contributed by atoms with E-state index in [1.807, 2.05) is 0 Å². The Morgan fingerprint density at radius 3 is 2.62 bits per heavy atom. The second-order valence-electron chi connectivity index (χ2n) is 5.07. The minimum Gasteiger partial charge on any atom is -0.375 e. The van der Waals surface area contributed by atoms with E-state index >= 15 is 0 Å². The van der Waals surface area contributed by atoms with Crippen LogP contribution in [0.2, 0.25) is 0 Å². The van der Waals surface area contributed by atoms with Gasteiger partial charge in [-0.25, -0.2) is 0 Å². The average molecular weight is 183 g/mol. The maximum absolute atomic E-state index is 6.19. The van der Waals surface area contributed by atoms with Gasteiger partial charge in [0.25, 0.3) is 0 Å². The van der Waals surface area contributed by atoms with Crippen molar-refractivity contribution in [1.82, 2.24) is 0 Å². The summed E-state index contributed by atoms with van der Waals surface area (Å²) in [5, 5.41) is 0. The summed E-state index contributed by atoms with van der Waals surface area (Å²) in [7, 11) is 0. The van der Waals surface area contributed by atoms with Gasteiger partial charge in [-0.1, -0.05) is 13.8 Å². The molecule has 0 aliphatic carbocycles. The molecule has 0 aromatic heterocycles. The Morgan fingerprint density at radius 2 is 2.15 bits per heavy atom. The Kier molecular flexibility index (Phi) is 2.61. The van der Waals surface area contributed by atoms with Gasteiger partial charge in [0.15, 0.2) is 0 Å². The molecule has 76 valence electrons. The average Bonchev–Trinajstić information content (AvgIpc) is 2.62. The molecular formula is C11H21NO. The van der Waals surface area contributed by atoms with Crippen molar-refractivity contribution < 1.29 is 4.74 Å². The lowest BCUT2D eigenvalue weighted by Crippen LogP contribution is -2.37. The molecule has 2 heteroatoms. The van der Waals surface area contributed by atoms with Crippen LogP contribution in [0.5, 0.6) is 0 Å². The zero-order valence-electron chi connectivity index (χ0n) is 8.70. The van der Waals surface area contributed by atoms with Crippen molar-refractivity contribution in [1.29, 1.82) is 0 Å². The van der Waals surface area contributed by atoms with Crippen LogP contribution in [0.15, 0.2) is 0 Å². The Labute approximate surface area is 80.8 Å². The van der Waals surface area contributed by atoms with Crippen LogP contribution in [0, 0.1) is 11.8 Å². The second-order valence-corrected chi connectivity index (χ2v) is 5.07. The maximum Gasteiger partial charge on any atom is 0.0623 e. The van der Waals surface area contributed by atoms with Crippen molar-refractivity contribution in [3.63, 3.8) is 0 Å². The van der Waals surface area contributed by atoms with Crippen LogP contribution in [0.25, 0.3) is 0 Å². The predicted molar refractivity (Wildman–Crippen MR) is 53.4 cm³/mol. The number of rotatable bonds is 3. The third kappa shape index (κ3) is 1.89. The molecule has 2 saturated heterocycles. The van der Waals surface area contributed by atoms with Crippen LogP contribution < -0.4 is 5.73 Å². The summed E-state index contributed by atoms with van der Waals surface area (Å²) in [6.45, 7) is 4.49. The van der Waals surface area contributed by atoms with E-state index < -0.39 is 0 Å². The van der Waals surface area contributed by atoms with Crippen molar-refractivity contribution in [3.8, 4) is 0 Å². The van der Waals surface area contributed by atoms with E-state index in [0.29, 0.717) is 30.1 Å². The highest BCUT2D eigenvalue weighted by Gasteiger charge is 2.43. The highest BCUT2D eigenvalue weighted by molar-refractivity contribution is 4.94. The van der Waals surface area contributed by atoms with E-state index in [-0.39, 0.29) is 0 Å². The Balaban J connectivity index is 1.87. The lowest BCUT2D eigenvalue weighted by Gasteiger charge is -2.26. The smallest absolute Gasteiger partial charge is 0.0623 e. The quantitative estimate of drug-likeness (QED) is 0.725. The molecular weight excluding hydrogens is 162 g/mol. The van der Waals surface area contributed by atoms with Crippen molar-refractivity contribution in [2.24, 2.45) is 17.6 Å². The first kappa shape index (κ1) is 9.47. The largest absolute Gasteiger partial charge is 0.375 e. The Hall–Kier alpha value is -0.0800. The lowest BCUT2D eigenvalue weighted by molar-refractivity contribution is 0.0871. The highest BCUT2D eigenvalue weighted by Crippen LogP contribution is 2.40. The summed E-state index contributed by atoms with van der Waals surface area (Å²) in [5.41, 5.74) is 6.19. The van der Waals surface area contributed by atoms with Gasteiger partial charge in [0.05, 0.1) is 12.2 Å². The molecule has 0 aromatic carbocycles. The van der Waals surface area contributed by atoms with Crippen molar-refractivity contribution in [2.45, 2.75) is 57.8 Å². The molecule has 2 N–H and O–H groups in total. The van der Waals surface area contributed by atoms with Gasteiger partial charge < -0.3 is 10.5 Å². The number of ether oxygens (including phenoxy) is 1. The van der Waals surface area contributed by atoms with Crippen LogP contribution in [0.4, 0.5) is 0 Å². The zero-order chi connectivity index (χ0) is 9.42. The molecule has 0 saturated carbocycles. The summed E-state index contributed by atoms with van der Waals surface area (Å²) in [4.78, 5) is 0. The molecule has 2 aliphatic rings. The van der Waals surface area contributed by atoms with E-state index in [2.05, 4.69) is 13.8 Å².